The molecule has 0 spiro atoms. The summed E-state index contributed by atoms with van der Waals surface area (Å²) >= 11 is 0. The van der Waals surface area contributed by atoms with E-state index in [0.717, 1.165) is 63.6 Å². The Bertz CT molecular complexity index is 741. The minimum Gasteiger partial charge on any atom is -0.379 e. The molecule has 252 valence electrons. The van der Waals surface area contributed by atoms with Crippen molar-refractivity contribution in [3.63, 3.8) is 0 Å². The molecule has 0 bridgehead atoms. The Labute approximate surface area is 262 Å². The number of hydrogen-bond acceptors (Lipinski definition) is 8. The van der Waals surface area contributed by atoms with Crippen LogP contribution in [-0.4, -0.2) is 102 Å². The molecule has 5 aliphatic heterocycles. The smallest absolute Gasteiger partial charge is 0.104 e. The molecule has 43 heavy (non-hydrogen) atoms. The molecule has 2 saturated carbocycles. The quantitative estimate of drug-likeness (QED) is 0.147. The van der Waals surface area contributed by atoms with E-state index in [2.05, 4.69) is 39.4 Å². The van der Waals surface area contributed by atoms with Crippen molar-refractivity contribution >= 4 is 0 Å². The van der Waals surface area contributed by atoms with Gasteiger partial charge in [-0.1, -0.05) is 53.4 Å². The second kappa shape index (κ2) is 18.7. The van der Waals surface area contributed by atoms with Crippen molar-refractivity contribution in [1.29, 1.82) is 0 Å². The standard InChI is InChI=1S/C13H24O5.C11H20O.C9H16O.C2H4O/c1-2-3-4-14-5-11(16-9-13-10-18-13)6-15-7-12-8-17-12;1-4-8(2)9-5-6-10-11(3,7-9)12-10;1-2-3-7-4-5-8-9(6-7)10-8;1-2-3-1/h11-13H,2-10H2,1H3;8-10H,4-7H2,1-3H3;7-9H,2-6H2,1H3;1-2H2. The summed E-state index contributed by atoms with van der Waals surface area (Å²) in [5, 5.41) is 0. The van der Waals surface area contributed by atoms with Crippen LogP contribution in [0, 0.1) is 17.8 Å². The van der Waals surface area contributed by atoms with Crippen molar-refractivity contribution in [2.45, 2.75) is 147 Å². The van der Waals surface area contributed by atoms with E-state index in [1.807, 2.05) is 0 Å². The lowest BCUT2D eigenvalue weighted by molar-refractivity contribution is -0.0649. The topological polar surface area (TPSA) is 90.3 Å². The third kappa shape index (κ3) is 14.8. The van der Waals surface area contributed by atoms with Gasteiger partial charge in [0.2, 0.25) is 0 Å². The van der Waals surface area contributed by atoms with Crippen LogP contribution in [0.2, 0.25) is 0 Å². The zero-order valence-electron chi connectivity index (χ0n) is 28.1. The van der Waals surface area contributed by atoms with Gasteiger partial charge in [0.25, 0.3) is 0 Å². The molecule has 0 amide bonds. The van der Waals surface area contributed by atoms with Gasteiger partial charge in [0, 0.05) is 6.61 Å². The highest BCUT2D eigenvalue weighted by Crippen LogP contribution is 2.51. The number of rotatable bonds is 16. The lowest BCUT2D eigenvalue weighted by atomic mass is 9.75. The van der Waals surface area contributed by atoms with E-state index in [0.29, 0.717) is 56.4 Å². The molecule has 0 radical (unpaired) electrons. The van der Waals surface area contributed by atoms with Gasteiger partial charge in [-0.2, -0.15) is 0 Å². The first-order valence-electron chi connectivity index (χ1n) is 17.8. The highest BCUT2D eigenvalue weighted by molar-refractivity contribution is 5.04. The van der Waals surface area contributed by atoms with Gasteiger partial charge in [-0.15, -0.1) is 0 Å². The first kappa shape index (κ1) is 35.5. The summed E-state index contributed by atoms with van der Waals surface area (Å²) < 4.78 is 42.7. The fraction of sp³-hybridized carbons (Fsp3) is 1.00. The highest BCUT2D eigenvalue weighted by Gasteiger charge is 2.55. The lowest BCUT2D eigenvalue weighted by Gasteiger charge is -2.27. The van der Waals surface area contributed by atoms with Crippen molar-refractivity contribution in [2.24, 2.45) is 17.8 Å². The molecule has 0 aromatic carbocycles. The Morgan fingerprint density at radius 1 is 0.860 bits per heavy atom. The molecule has 7 rings (SSSR count). The minimum absolute atomic E-state index is 0.00445. The second-order valence-corrected chi connectivity index (χ2v) is 14.0. The van der Waals surface area contributed by atoms with Gasteiger partial charge >= 0.3 is 0 Å². The summed E-state index contributed by atoms with van der Waals surface area (Å²) in [5.41, 5.74) is 0.298. The SMILES string of the molecule is C1CO1.CCC(C)C1CCC2OC2(C)C1.CCCC1CCC2OC2C1.CCCCOCC(COCC1CO1)OCC1CO1. The van der Waals surface area contributed by atoms with Crippen LogP contribution in [0.1, 0.15) is 105 Å². The monoisotopic (exact) mass is 612 g/mol. The number of epoxide rings is 5. The first-order chi connectivity index (χ1) is 20.9. The Balaban J connectivity index is 0.000000146. The fourth-order valence-corrected chi connectivity index (χ4v) is 6.31. The predicted molar refractivity (Wildman–Crippen MR) is 168 cm³/mol. The van der Waals surface area contributed by atoms with E-state index in [1.165, 1.54) is 57.8 Å². The zero-order valence-corrected chi connectivity index (χ0v) is 28.1. The summed E-state index contributed by atoms with van der Waals surface area (Å²) in [6, 6.07) is 0. The van der Waals surface area contributed by atoms with Gasteiger partial charge in [0.15, 0.2) is 0 Å². The Morgan fingerprint density at radius 3 is 2.19 bits per heavy atom. The number of unbranched alkanes of at least 4 members (excludes halogenated alkanes) is 1. The van der Waals surface area contributed by atoms with Crippen LogP contribution in [0.4, 0.5) is 0 Å². The predicted octanol–water partition coefficient (Wildman–Crippen LogP) is 6.36. The largest absolute Gasteiger partial charge is 0.379 e. The third-order valence-electron chi connectivity index (χ3n) is 9.84. The van der Waals surface area contributed by atoms with Crippen LogP contribution in [0.25, 0.3) is 0 Å². The molecule has 7 aliphatic rings. The van der Waals surface area contributed by atoms with E-state index < -0.39 is 0 Å². The Hall–Kier alpha value is -0.320. The van der Waals surface area contributed by atoms with Gasteiger partial charge in [-0.25, -0.2) is 0 Å². The maximum atomic E-state index is 5.73. The summed E-state index contributed by atoms with van der Waals surface area (Å²) in [6.45, 7) is 18.3. The van der Waals surface area contributed by atoms with Crippen LogP contribution >= 0.6 is 0 Å². The number of hydrogen-bond donors (Lipinski definition) is 0. The molecule has 0 aromatic heterocycles. The summed E-state index contributed by atoms with van der Waals surface area (Å²) in [5.74, 6) is 2.82. The van der Waals surface area contributed by atoms with Crippen LogP contribution in [0.15, 0.2) is 0 Å². The van der Waals surface area contributed by atoms with Crippen molar-refractivity contribution < 1.29 is 37.9 Å². The average Bonchev–Trinajstić information content (AvgIpc) is 3.83. The van der Waals surface area contributed by atoms with Crippen molar-refractivity contribution in [2.75, 3.05) is 59.5 Å². The fourth-order valence-electron chi connectivity index (χ4n) is 6.31. The van der Waals surface area contributed by atoms with E-state index >= 15 is 0 Å². The molecule has 0 aromatic rings. The molecule has 10 unspecified atom stereocenters. The third-order valence-corrected chi connectivity index (χ3v) is 9.84. The second-order valence-electron chi connectivity index (χ2n) is 14.0. The summed E-state index contributed by atoms with van der Waals surface area (Å²) in [6.07, 6.45) is 17.1. The summed E-state index contributed by atoms with van der Waals surface area (Å²) in [4.78, 5) is 0. The maximum Gasteiger partial charge on any atom is 0.104 e. The van der Waals surface area contributed by atoms with Crippen molar-refractivity contribution in [1.82, 2.24) is 0 Å². The van der Waals surface area contributed by atoms with Gasteiger partial charge in [-0.3, -0.25) is 0 Å². The number of ether oxygens (including phenoxy) is 8. The van der Waals surface area contributed by atoms with E-state index in [1.54, 1.807) is 0 Å². The molecule has 5 saturated heterocycles. The molecule has 7 fully saturated rings. The van der Waals surface area contributed by atoms with Crippen molar-refractivity contribution in [3.8, 4) is 0 Å². The highest BCUT2D eigenvalue weighted by atomic mass is 16.6. The Kier molecular flexibility index (Phi) is 15.5. The average molecular weight is 613 g/mol. The summed E-state index contributed by atoms with van der Waals surface area (Å²) in [7, 11) is 0. The molecule has 2 aliphatic carbocycles. The van der Waals surface area contributed by atoms with Crippen LogP contribution < -0.4 is 0 Å². The van der Waals surface area contributed by atoms with Crippen LogP contribution in [0.3, 0.4) is 0 Å². The van der Waals surface area contributed by atoms with Gasteiger partial charge < -0.3 is 37.9 Å². The molecule has 0 N–H and O–H groups in total. The molecule has 5 heterocycles. The zero-order chi connectivity index (χ0) is 30.5. The lowest BCUT2D eigenvalue weighted by Crippen LogP contribution is -2.28. The molecule has 10 atom stereocenters. The molecular weight excluding hydrogens is 548 g/mol. The van der Waals surface area contributed by atoms with Crippen LogP contribution in [-0.2, 0) is 37.9 Å². The van der Waals surface area contributed by atoms with Gasteiger partial charge in [-0.05, 0) is 69.6 Å². The van der Waals surface area contributed by atoms with Crippen LogP contribution in [0.5, 0.6) is 0 Å². The van der Waals surface area contributed by atoms with E-state index in [9.17, 15) is 0 Å². The Morgan fingerprint density at radius 2 is 1.58 bits per heavy atom. The first-order valence-corrected chi connectivity index (χ1v) is 17.8. The molecule has 8 heteroatoms. The van der Waals surface area contributed by atoms with E-state index in [-0.39, 0.29) is 12.2 Å². The van der Waals surface area contributed by atoms with Gasteiger partial charge in [0.1, 0.15) is 18.3 Å². The van der Waals surface area contributed by atoms with Gasteiger partial charge in [0.05, 0.1) is 76.8 Å². The number of fused-ring (bicyclic) bond motifs is 2. The van der Waals surface area contributed by atoms with E-state index in [4.69, 9.17) is 33.2 Å². The normalized spacial score (nSPS) is 36.9. The molecular formula is C35H64O8. The maximum absolute atomic E-state index is 5.73. The molecule has 8 nitrogen and oxygen atoms in total. The van der Waals surface area contributed by atoms with Crippen molar-refractivity contribution in [3.05, 3.63) is 0 Å². The minimum atomic E-state index is 0.00445.